The van der Waals surface area contributed by atoms with Crippen LogP contribution in [0.4, 0.5) is 0 Å². The monoisotopic (exact) mass is 279 g/mol. The number of hydrogen-bond donors (Lipinski definition) is 1. The van der Waals surface area contributed by atoms with E-state index in [1.54, 1.807) is 12.4 Å². The summed E-state index contributed by atoms with van der Waals surface area (Å²) in [6.45, 7) is 2.55. The van der Waals surface area contributed by atoms with Crippen LogP contribution < -0.4 is 5.32 Å². The Morgan fingerprint density at radius 3 is 2.71 bits per heavy atom. The van der Waals surface area contributed by atoms with Gasteiger partial charge >= 0.3 is 0 Å². The van der Waals surface area contributed by atoms with E-state index in [4.69, 9.17) is 0 Å². The van der Waals surface area contributed by atoms with Gasteiger partial charge in [0.25, 0.3) is 5.91 Å². The van der Waals surface area contributed by atoms with Gasteiger partial charge < -0.3 is 9.88 Å². The van der Waals surface area contributed by atoms with Crippen molar-refractivity contribution in [3.8, 4) is 0 Å². The van der Waals surface area contributed by atoms with Gasteiger partial charge in [-0.05, 0) is 42.3 Å². The average Bonchev–Trinajstić information content (AvgIpc) is 2.83. The molecule has 0 spiro atoms. The molecule has 2 heterocycles. The quantitative estimate of drug-likeness (QED) is 0.801. The molecule has 4 nitrogen and oxygen atoms in total. The first-order chi connectivity index (χ1) is 10.1. The van der Waals surface area contributed by atoms with Crippen molar-refractivity contribution in [2.24, 2.45) is 7.05 Å². The van der Waals surface area contributed by atoms with E-state index < -0.39 is 0 Å². The molecule has 2 aromatic heterocycles. The molecular formula is C17H17N3O. The Kier molecular flexibility index (Phi) is 3.44. The predicted molar refractivity (Wildman–Crippen MR) is 83.1 cm³/mol. The van der Waals surface area contributed by atoms with Crippen LogP contribution in [-0.2, 0) is 13.6 Å². The van der Waals surface area contributed by atoms with Crippen LogP contribution in [0.1, 0.15) is 21.6 Å². The van der Waals surface area contributed by atoms with Crippen molar-refractivity contribution in [3.63, 3.8) is 0 Å². The largest absolute Gasteiger partial charge is 0.347 e. The van der Waals surface area contributed by atoms with Gasteiger partial charge in [0.1, 0.15) is 5.69 Å². The number of fused-ring (bicyclic) bond motifs is 1. The van der Waals surface area contributed by atoms with Crippen molar-refractivity contribution >= 4 is 16.8 Å². The molecule has 3 rings (SSSR count). The zero-order chi connectivity index (χ0) is 14.8. The van der Waals surface area contributed by atoms with Crippen LogP contribution in [0.3, 0.4) is 0 Å². The van der Waals surface area contributed by atoms with Crippen molar-refractivity contribution in [2.75, 3.05) is 0 Å². The number of aromatic nitrogens is 2. The fourth-order valence-electron chi connectivity index (χ4n) is 2.43. The smallest absolute Gasteiger partial charge is 0.268 e. The first kappa shape index (κ1) is 13.4. The van der Waals surface area contributed by atoms with Crippen LogP contribution in [0.2, 0.25) is 0 Å². The number of hydrogen-bond acceptors (Lipinski definition) is 2. The predicted octanol–water partition coefficient (Wildman–Crippen LogP) is 2.81. The Balaban J connectivity index is 1.83. The topological polar surface area (TPSA) is 46.9 Å². The molecule has 0 aliphatic rings. The molecule has 0 saturated carbocycles. The fraction of sp³-hybridized carbons (Fsp3) is 0.176. The Bertz CT molecular complexity index is 790. The summed E-state index contributed by atoms with van der Waals surface area (Å²) in [5, 5.41) is 4.02. The third kappa shape index (κ3) is 2.65. The van der Waals surface area contributed by atoms with Crippen LogP contribution in [0.15, 0.2) is 48.8 Å². The maximum Gasteiger partial charge on any atom is 0.268 e. The number of nitrogens with zero attached hydrogens (tertiary/aromatic N) is 2. The van der Waals surface area contributed by atoms with Gasteiger partial charge in [-0.2, -0.15) is 0 Å². The standard InChI is InChI=1S/C17H17N3O/c1-12-3-4-14-10-16(20(2)15(14)9-12)17(21)19-11-13-5-7-18-8-6-13/h3-10H,11H2,1-2H3,(H,19,21). The lowest BCUT2D eigenvalue weighted by atomic mass is 10.2. The molecule has 0 saturated heterocycles. The molecule has 1 aromatic carbocycles. The maximum atomic E-state index is 12.3. The van der Waals surface area contributed by atoms with Crippen LogP contribution in [-0.4, -0.2) is 15.5 Å². The number of rotatable bonds is 3. The van der Waals surface area contributed by atoms with Gasteiger partial charge in [0.15, 0.2) is 0 Å². The van der Waals surface area contributed by atoms with E-state index in [0.29, 0.717) is 12.2 Å². The minimum absolute atomic E-state index is 0.0665. The first-order valence-electron chi connectivity index (χ1n) is 6.88. The summed E-state index contributed by atoms with van der Waals surface area (Å²) in [4.78, 5) is 16.3. The number of pyridine rings is 1. The molecule has 0 fully saturated rings. The summed E-state index contributed by atoms with van der Waals surface area (Å²) in [5.41, 5.74) is 3.97. The van der Waals surface area contributed by atoms with Gasteiger partial charge in [-0.1, -0.05) is 12.1 Å². The van der Waals surface area contributed by atoms with E-state index in [-0.39, 0.29) is 5.91 Å². The van der Waals surface area contributed by atoms with Gasteiger partial charge in [0.2, 0.25) is 0 Å². The van der Waals surface area contributed by atoms with E-state index in [1.165, 1.54) is 5.56 Å². The number of aryl methyl sites for hydroxylation is 2. The highest BCUT2D eigenvalue weighted by Crippen LogP contribution is 2.20. The summed E-state index contributed by atoms with van der Waals surface area (Å²) < 4.78 is 1.93. The number of benzene rings is 1. The lowest BCUT2D eigenvalue weighted by molar-refractivity contribution is 0.0943. The number of carbonyl (C=O) groups is 1. The third-order valence-electron chi connectivity index (χ3n) is 3.64. The van der Waals surface area contributed by atoms with Crippen LogP contribution in [0, 0.1) is 6.92 Å². The molecule has 1 amide bonds. The number of nitrogens with one attached hydrogen (secondary N) is 1. The molecule has 0 aliphatic carbocycles. The van der Waals surface area contributed by atoms with Gasteiger partial charge in [-0.25, -0.2) is 0 Å². The van der Waals surface area contributed by atoms with Crippen LogP contribution >= 0.6 is 0 Å². The fourth-order valence-corrected chi connectivity index (χ4v) is 2.43. The van der Waals surface area contributed by atoms with Gasteiger partial charge in [0, 0.05) is 36.9 Å². The molecule has 4 heteroatoms. The zero-order valence-corrected chi connectivity index (χ0v) is 12.1. The Morgan fingerprint density at radius 1 is 1.19 bits per heavy atom. The molecule has 1 N–H and O–H groups in total. The summed E-state index contributed by atoms with van der Waals surface area (Å²) >= 11 is 0. The van der Waals surface area contributed by atoms with Crippen molar-refractivity contribution < 1.29 is 4.79 Å². The van der Waals surface area contributed by atoms with Crippen molar-refractivity contribution in [3.05, 3.63) is 65.6 Å². The highest BCUT2D eigenvalue weighted by molar-refractivity contribution is 5.98. The first-order valence-corrected chi connectivity index (χ1v) is 6.88. The Hall–Kier alpha value is -2.62. The van der Waals surface area contributed by atoms with Gasteiger partial charge in [-0.3, -0.25) is 9.78 Å². The van der Waals surface area contributed by atoms with Crippen molar-refractivity contribution in [1.82, 2.24) is 14.9 Å². The second-order valence-corrected chi connectivity index (χ2v) is 5.19. The number of amides is 1. The Labute approximate surface area is 123 Å². The summed E-state index contributed by atoms with van der Waals surface area (Å²) in [6.07, 6.45) is 3.45. The maximum absolute atomic E-state index is 12.3. The van der Waals surface area contributed by atoms with E-state index in [9.17, 15) is 4.79 Å². The second-order valence-electron chi connectivity index (χ2n) is 5.19. The molecule has 21 heavy (non-hydrogen) atoms. The minimum Gasteiger partial charge on any atom is -0.347 e. The third-order valence-corrected chi connectivity index (χ3v) is 3.64. The van der Waals surface area contributed by atoms with Crippen LogP contribution in [0.25, 0.3) is 10.9 Å². The SMILES string of the molecule is Cc1ccc2cc(C(=O)NCc3ccncc3)n(C)c2c1. The van der Waals surface area contributed by atoms with E-state index >= 15 is 0 Å². The molecule has 106 valence electrons. The minimum atomic E-state index is -0.0665. The highest BCUT2D eigenvalue weighted by Gasteiger charge is 2.13. The lowest BCUT2D eigenvalue weighted by Crippen LogP contribution is -2.24. The van der Waals surface area contributed by atoms with Gasteiger partial charge in [0.05, 0.1) is 0 Å². The lowest BCUT2D eigenvalue weighted by Gasteiger charge is -2.06. The molecule has 0 radical (unpaired) electrons. The molecule has 3 aromatic rings. The number of carbonyl (C=O) groups excluding carboxylic acids is 1. The second kappa shape index (κ2) is 5.40. The highest BCUT2D eigenvalue weighted by atomic mass is 16.1. The van der Waals surface area contributed by atoms with E-state index in [0.717, 1.165) is 16.5 Å². The van der Waals surface area contributed by atoms with E-state index in [2.05, 4.69) is 29.4 Å². The summed E-state index contributed by atoms with van der Waals surface area (Å²) in [7, 11) is 1.92. The van der Waals surface area contributed by atoms with Crippen molar-refractivity contribution in [2.45, 2.75) is 13.5 Å². The normalized spacial score (nSPS) is 10.8. The summed E-state index contributed by atoms with van der Waals surface area (Å²) in [6, 6.07) is 11.9. The Morgan fingerprint density at radius 2 is 1.95 bits per heavy atom. The van der Waals surface area contributed by atoms with Crippen LogP contribution in [0.5, 0.6) is 0 Å². The molecule has 0 bridgehead atoms. The van der Waals surface area contributed by atoms with Gasteiger partial charge in [-0.15, -0.1) is 0 Å². The average molecular weight is 279 g/mol. The summed E-state index contributed by atoms with van der Waals surface area (Å²) in [5.74, 6) is -0.0665. The molecule has 0 atom stereocenters. The van der Waals surface area contributed by atoms with E-state index in [1.807, 2.05) is 35.9 Å². The molecule has 0 unspecified atom stereocenters. The molecule has 0 aliphatic heterocycles. The zero-order valence-electron chi connectivity index (χ0n) is 12.1. The molecular weight excluding hydrogens is 262 g/mol. The van der Waals surface area contributed by atoms with Crippen molar-refractivity contribution in [1.29, 1.82) is 0 Å².